The second kappa shape index (κ2) is 8.38. The number of unbranched alkanes of at least 4 members (excludes halogenated alkanes) is 1. The van der Waals surface area contributed by atoms with E-state index in [1.54, 1.807) is 0 Å². The van der Waals surface area contributed by atoms with Crippen LogP contribution in [0, 0.1) is 5.92 Å². The van der Waals surface area contributed by atoms with Crippen molar-refractivity contribution in [3.05, 3.63) is 0 Å². The van der Waals surface area contributed by atoms with Crippen molar-refractivity contribution in [2.45, 2.75) is 58.9 Å². The number of ketones is 2. The van der Waals surface area contributed by atoms with Gasteiger partial charge >= 0.3 is 0 Å². The molecule has 3 N–H and O–H groups in total. The Morgan fingerprint density at radius 3 is 2.28 bits per heavy atom. The Morgan fingerprint density at radius 2 is 1.78 bits per heavy atom. The third kappa shape index (κ3) is 6.87. The molecule has 0 bridgehead atoms. The van der Waals surface area contributed by atoms with E-state index in [1.807, 2.05) is 27.7 Å². The van der Waals surface area contributed by atoms with E-state index in [0.717, 1.165) is 19.4 Å². The van der Waals surface area contributed by atoms with Crippen LogP contribution in [0.3, 0.4) is 0 Å². The van der Waals surface area contributed by atoms with E-state index >= 15 is 0 Å². The Hall–Kier alpha value is -0.740. The quantitative estimate of drug-likeness (QED) is 0.583. The maximum absolute atomic E-state index is 11.7. The molecule has 4 heteroatoms. The Kier molecular flexibility index (Phi) is 8.03. The van der Waals surface area contributed by atoms with Crippen molar-refractivity contribution >= 4 is 11.6 Å². The van der Waals surface area contributed by atoms with Crippen LogP contribution in [0.15, 0.2) is 0 Å². The van der Waals surface area contributed by atoms with Gasteiger partial charge in [0.2, 0.25) is 0 Å². The van der Waals surface area contributed by atoms with Gasteiger partial charge in [-0.3, -0.25) is 9.59 Å². The van der Waals surface area contributed by atoms with Crippen LogP contribution in [-0.4, -0.2) is 30.2 Å². The topological polar surface area (TPSA) is 72.2 Å². The van der Waals surface area contributed by atoms with Crippen molar-refractivity contribution in [2.75, 3.05) is 13.1 Å². The summed E-state index contributed by atoms with van der Waals surface area (Å²) in [5.74, 6) is 0.581. The summed E-state index contributed by atoms with van der Waals surface area (Å²) in [6, 6.07) is 0. The summed E-state index contributed by atoms with van der Waals surface area (Å²) in [7, 11) is 0. The van der Waals surface area contributed by atoms with Gasteiger partial charge in [0, 0.05) is 18.8 Å². The molecule has 0 aliphatic rings. The third-order valence-corrected chi connectivity index (χ3v) is 3.13. The first-order valence-electron chi connectivity index (χ1n) is 6.82. The summed E-state index contributed by atoms with van der Waals surface area (Å²) in [6.07, 6.45) is 2.84. The zero-order valence-electron chi connectivity index (χ0n) is 12.2. The molecule has 0 aromatic heterocycles. The molecule has 0 aliphatic carbocycles. The van der Waals surface area contributed by atoms with Gasteiger partial charge in [0.1, 0.15) is 5.78 Å². The molecule has 0 unspecified atom stereocenters. The molecule has 0 radical (unpaired) electrons. The molecule has 106 valence electrons. The summed E-state index contributed by atoms with van der Waals surface area (Å²) < 4.78 is 0. The SMILES string of the molecule is CC(C)C(=O)CCCCNC(C)(C)C(=O)CCN. The second-order valence-corrected chi connectivity index (χ2v) is 5.59. The van der Waals surface area contributed by atoms with Gasteiger partial charge in [0.15, 0.2) is 5.78 Å². The van der Waals surface area contributed by atoms with Gasteiger partial charge in [-0.2, -0.15) is 0 Å². The lowest BCUT2D eigenvalue weighted by Crippen LogP contribution is -2.47. The van der Waals surface area contributed by atoms with E-state index in [9.17, 15) is 9.59 Å². The van der Waals surface area contributed by atoms with Crippen LogP contribution in [0.25, 0.3) is 0 Å². The molecule has 0 aromatic carbocycles. The van der Waals surface area contributed by atoms with Crippen LogP contribution < -0.4 is 11.1 Å². The summed E-state index contributed by atoms with van der Waals surface area (Å²) in [6.45, 7) is 8.76. The van der Waals surface area contributed by atoms with Gasteiger partial charge < -0.3 is 11.1 Å². The summed E-state index contributed by atoms with van der Waals surface area (Å²) in [5, 5.41) is 3.23. The van der Waals surface area contributed by atoms with E-state index in [4.69, 9.17) is 5.73 Å². The normalized spacial score (nSPS) is 11.9. The minimum Gasteiger partial charge on any atom is -0.330 e. The molecule has 0 aliphatic heterocycles. The maximum Gasteiger partial charge on any atom is 0.153 e. The minimum absolute atomic E-state index is 0.125. The molecule has 0 atom stereocenters. The monoisotopic (exact) mass is 256 g/mol. The molecule has 0 fully saturated rings. The number of hydrogen-bond donors (Lipinski definition) is 2. The number of carbonyl (C=O) groups is 2. The van der Waals surface area contributed by atoms with Crippen LogP contribution >= 0.6 is 0 Å². The highest BCUT2D eigenvalue weighted by atomic mass is 16.1. The second-order valence-electron chi connectivity index (χ2n) is 5.59. The summed E-state index contributed by atoms with van der Waals surface area (Å²) in [4.78, 5) is 23.1. The highest BCUT2D eigenvalue weighted by Gasteiger charge is 2.25. The zero-order chi connectivity index (χ0) is 14.2. The molecule has 0 heterocycles. The average Bonchev–Trinajstić information content (AvgIpc) is 2.28. The van der Waals surface area contributed by atoms with Gasteiger partial charge in [-0.25, -0.2) is 0 Å². The lowest BCUT2D eigenvalue weighted by Gasteiger charge is -2.24. The molecule has 0 rings (SSSR count). The van der Waals surface area contributed by atoms with Gasteiger partial charge in [0.05, 0.1) is 5.54 Å². The van der Waals surface area contributed by atoms with Gasteiger partial charge in [-0.05, 0) is 39.8 Å². The van der Waals surface area contributed by atoms with Crippen molar-refractivity contribution in [2.24, 2.45) is 11.7 Å². The highest BCUT2D eigenvalue weighted by molar-refractivity contribution is 5.87. The van der Waals surface area contributed by atoms with Crippen LogP contribution in [0.2, 0.25) is 0 Å². The summed E-state index contributed by atoms with van der Waals surface area (Å²) >= 11 is 0. The Morgan fingerprint density at radius 1 is 1.17 bits per heavy atom. The fourth-order valence-corrected chi connectivity index (χ4v) is 1.66. The maximum atomic E-state index is 11.7. The molecule has 0 saturated heterocycles. The fraction of sp³-hybridized carbons (Fsp3) is 0.857. The molecule has 4 nitrogen and oxygen atoms in total. The van der Waals surface area contributed by atoms with Gasteiger partial charge in [-0.1, -0.05) is 13.8 Å². The number of Topliss-reactive ketones (excluding diaryl/α,β-unsaturated/α-hetero) is 2. The van der Waals surface area contributed by atoms with Gasteiger partial charge in [-0.15, -0.1) is 0 Å². The minimum atomic E-state index is -0.512. The molecule has 0 spiro atoms. The smallest absolute Gasteiger partial charge is 0.153 e. The third-order valence-electron chi connectivity index (χ3n) is 3.13. The Balaban J connectivity index is 3.77. The molecule has 0 saturated carbocycles. The number of nitrogens with two attached hydrogens (primary N) is 1. The Bertz CT molecular complexity index is 273. The summed E-state index contributed by atoms with van der Waals surface area (Å²) in [5.41, 5.74) is 4.87. The van der Waals surface area contributed by atoms with Crippen LogP contribution in [0.1, 0.15) is 53.4 Å². The number of carbonyl (C=O) groups excluding carboxylic acids is 2. The van der Waals surface area contributed by atoms with E-state index in [2.05, 4.69) is 5.32 Å². The van der Waals surface area contributed by atoms with Crippen molar-refractivity contribution in [1.29, 1.82) is 0 Å². The first-order chi connectivity index (χ1) is 8.31. The standard InChI is InChI=1S/C14H28N2O2/c1-11(2)12(17)7-5-6-10-16-14(3,4)13(18)8-9-15/h11,16H,5-10,15H2,1-4H3. The Labute approximate surface area is 111 Å². The number of rotatable bonds is 10. The fourth-order valence-electron chi connectivity index (χ4n) is 1.66. The van der Waals surface area contributed by atoms with Crippen LogP contribution in [0.5, 0.6) is 0 Å². The lowest BCUT2D eigenvalue weighted by molar-refractivity contribution is -0.124. The van der Waals surface area contributed by atoms with E-state index < -0.39 is 5.54 Å². The highest BCUT2D eigenvalue weighted by Crippen LogP contribution is 2.08. The van der Waals surface area contributed by atoms with Crippen molar-refractivity contribution in [1.82, 2.24) is 5.32 Å². The predicted molar refractivity (Wildman–Crippen MR) is 74.5 cm³/mol. The predicted octanol–water partition coefficient (Wildman–Crippen LogP) is 1.67. The molecular formula is C14H28N2O2. The molecule has 0 aromatic rings. The first-order valence-corrected chi connectivity index (χ1v) is 6.82. The van der Waals surface area contributed by atoms with E-state index in [-0.39, 0.29) is 11.7 Å². The van der Waals surface area contributed by atoms with Gasteiger partial charge in [0.25, 0.3) is 0 Å². The zero-order valence-corrected chi connectivity index (χ0v) is 12.2. The first kappa shape index (κ1) is 17.3. The van der Waals surface area contributed by atoms with Crippen LogP contribution in [-0.2, 0) is 9.59 Å². The lowest BCUT2D eigenvalue weighted by atomic mass is 9.96. The van der Waals surface area contributed by atoms with Crippen molar-refractivity contribution < 1.29 is 9.59 Å². The van der Waals surface area contributed by atoms with Crippen LogP contribution in [0.4, 0.5) is 0 Å². The molecular weight excluding hydrogens is 228 g/mol. The number of hydrogen-bond acceptors (Lipinski definition) is 4. The molecule has 18 heavy (non-hydrogen) atoms. The number of nitrogens with one attached hydrogen (secondary N) is 1. The van der Waals surface area contributed by atoms with E-state index in [1.165, 1.54) is 0 Å². The van der Waals surface area contributed by atoms with Crippen molar-refractivity contribution in [3.63, 3.8) is 0 Å². The molecule has 0 amide bonds. The average molecular weight is 256 g/mol. The largest absolute Gasteiger partial charge is 0.330 e. The van der Waals surface area contributed by atoms with E-state index in [0.29, 0.717) is 25.2 Å². The van der Waals surface area contributed by atoms with Crippen molar-refractivity contribution in [3.8, 4) is 0 Å².